The fourth-order valence-corrected chi connectivity index (χ4v) is 2.27. The third-order valence-corrected chi connectivity index (χ3v) is 3.33. The molecule has 0 aliphatic heterocycles. The van der Waals surface area contributed by atoms with Crippen LogP contribution >= 0.6 is 0 Å². The molecule has 0 saturated heterocycles. The van der Waals surface area contributed by atoms with Gasteiger partial charge in [-0.1, -0.05) is 6.07 Å². The molecule has 0 atom stereocenters. The highest BCUT2D eigenvalue weighted by molar-refractivity contribution is 5.90. The number of halogens is 1. The number of aromatic amines is 1. The molecule has 0 unspecified atom stereocenters. The lowest BCUT2D eigenvalue weighted by Gasteiger charge is -2.08. The number of aromatic nitrogens is 1. The highest BCUT2D eigenvalue weighted by atomic mass is 19.1. The van der Waals surface area contributed by atoms with Gasteiger partial charge in [-0.3, -0.25) is 4.79 Å². The summed E-state index contributed by atoms with van der Waals surface area (Å²) >= 11 is 0. The van der Waals surface area contributed by atoms with Crippen LogP contribution in [0.25, 0.3) is 22.0 Å². The number of rotatable bonds is 2. The van der Waals surface area contributed by atoms with E-state index in [9.17, 15) is 14.3 Å². The van der Waals surface area contributed by atoms with Gasteiger partial charge in [-0.25, -0.2) is 4.39 Å². The lowest BCUT2D eigenvalue weighted by Crippen LogP contribution is -2.07. The van der Waals surface area contributed by atoms with E-state index in [0.29, 0.717) is 27.8 Å². The van der Waals surface area contributed by atoms with Crippen molar-refractivity contribution >= 4 is 10.8 Å². The van der Waals surface area contributed by atoms with Gasteiger partial charge in [-0.15, -0.1) is 0 Å². The number of phenolic OH excluding ortho intramolecular Hbond substituents is 1. The Hall–Kier alpha value is -2.82. The number of aromatic hydroxyl groups is 1. The summed E-state index contributed by atoms with van der Waals surface area (Å²) in [6, 6.07) is 10.8. The number of hydrogen-bond acceptors (Lipinski definition) is 3. The molecule has 0 saturated carbocycles. The molecule has 4 nitrogen and oxygen atoms in total. The Morgan fingerprint density at radius 3 is 2.67 bits per heavy atom. The number of H-pyrrole nitrogens is 1. The van der Waals surface area contributed by atoms with Gasteiger partial charge in [0, 0.05) is 16.6 Å². The van der Waals surface area contributed by atoms with Crippen molar-refractivity contribution in [3.05, 3.63) is 58.6 Å². The summed E-state index contributed by atoms with van der Waals surface area (Å²) < 4.78 is 18.7. The summed E-state index contributed by atoms with van der Waals surface area (Å²) in [4.78, 5) is 14.8. The normalized spacial score (nSPS) is 10.8. The van der Waals surface area contributed by atoms with Crippen molar-refractivity contribution in [3.8, 4) is 22.8 Å². The number of phenols is 1. The quantitative estimate of drug-likeness (QED) is 0.760. The maximum absolute atomic E-state index is 13.5. The highest BCUT2D eigenvalue weighted by Gasteiger charge is 2.09. The van der Waals surface area contributed by atoms with Gasteiger partial charge in [-0.2, -0.15) is 0 Å². The number of methoxy groups -OCH3 is 1. The van der Waals surface area contributed by atoms with Gasteiger partial charge < -0.3 is 14.8 Å². The molecule has 2 aromatic carbocycles. The van der Waals surface area contributed by atoms with E-state index in [1.165, 1.54) is 25.3 Å². The largest absolute Gasteiger partial charge is 0.505 e. The number of benzene rings is 2. The second-order valence-electron chi connectivity index (χ2n) is 4.60. The fraction of sp³-hybridized carbons (Fsp3) is 0.0625. The number of ether oxygens (including phenoxy) is 1. The molecule has 5 heteroatoms. The first-order chi connectivity index (χ1) is 10.1. The van der Waals surface area contributed by atoms with Crippen LogP contribution in [0.5, 0.6) is 11.5 Å². The van der Waals surface area contributed by atoms with Crippen LogP contribution in [0.4, 0.5) is 4.39 Å². The number of fused-ring (bicyclic) bond motifs is 1. The molecule has 0 amide bonds. The van der Waals surface area contributed by atoms with Crippen molar-refractivity contribution in [1.29, 1.82) is 0 Å². The Morgan fingerprint density at radius 2 is 1.95 bits per heavy atom. The minimum Gasteiger partial charge on any atom is -0.505 e. The molecule has 0 fully saturated rings. The van der Waals surface area contributed by atoms with Gasteiger partial charge in [-0.05, 0) is 36.4 Å². The lowest BCUT2D eigenvalue weighted by atomic mass is 10.1. The smallest absolute Gasteiger partial charge is 0.256 e. The Balaban J connectivity index is 2.29. The number of pyridine rings is 1. The molecule has 106 valence electrons. The van der Waals surface area contributed by atoms with E-state index in [4.69, 9.17) is 4.74 Å². The second kappa shape index (κ2) is 4.94. The van der Waals surface area contributed by atoms with Gasteiger partial charge in [0.1, 0.15) is 5.75 Å². The van der Waals surface area contributed by atoms with Crippen LogP contribution in [0.1, 0.15) is 0 Å². The summed E-state index contributed by atoms with van der Waals surface area (Å²) in [5.74, 6) is -0.605. The lowest BCUT2D eigenvalue weighted by molar-refractivity contribution is 0.420. The van der Waals surface area contributed by atoms with Crippen LogP contribution in [0, 0.1) is 5.82 Å². The van der Waals surface area contributed by atoms with Crippen molar-refractivity contribution < 1.29 is 14.2 Å². The van der Waals surface area contributed by atoms with E-state index in [-0.39, 0.29) is 5.56 Å². The highest BCUT2D eigenvalue weighted by Crippen LogP contribution is 2.28. The summed E-state index contributed by atoms with van der Waals surface area (Å²) in [7, 11) is 1.52. The molecule has 3 rings (SSSR count). The predicted octanol–water partition coefficient (Wildman–Crippen LogP) is 3.05. The average molecular weight is 285 g/mol. The van der Waals surface area contributed by atoms with Crippen molar-refractivity contribution in [2.45, 2.75) is 0 Å². The van der Waals surface area contributed by atoms with Gasteiger partial charge in [0.15, 0.2) is 11.6 Å². The molecule has 0 bridgehead atoms. The van der Waals surface area contributed by atoms with Gasteiger partial charge in [0.2, 0.25) is 0 Å². The maximum Gasteiger partial charge on any atom is 0.256 e. The van der Waals surface area contributed by atoms with Crippen LogP contribution in [-0.2, 0) is 0 Å². The molecule has 0 radical (unpaired) electrons. The van der Waals surface area contributed by atoms with Gasteiger partial charge in [0.25, 0.3) is 5.56 Å². The molecule has 2 N–H and O–H groups in total. The van der Waals surface area contributed by atoms with Crippen LogP contribution < -0.4 is 10.3 Å². The first kappa shape index (κ1) is 13.2. The molecule has 3 aromatic rings. The monoisotopic (exact) mass is 285 g/mol. The van der Waals surface area contributed by atoms with Gasteiger partial charge >= 0.3 is 0 Å². The zero-order chi connectivity index (χ0) is 15.0. The minimum absolute atomic E-state index is 0.283. The summed E-state index contributed by atoms with van der Waals surface area (Å²) in [6.45, 7) is 0. The topological polar surface area (TPSA) is 62.3 Å². The Labute approximate surface area is 119 Å². The van der Waals surface area contributed by atoms with E-state index < -0.39 is 11.6 Å². The molecule has 21 heavy (non-hydrogen) atoms. The molecule has 1 heterocycles. The molecule has 0 spiro atoms. The molecular formula is C16H12FNO3. The fourth-order valence-electron chi connectivity index (χ4n) is 2.27. The van der Waals surface area contributed by atoms with E-state index in [1.54, 1.807) is 24.3 Å². The second-order valence-corrected chi connectivity index (χ2v) is 4.60. The van der Waals surface area contributed by atoms with Crippen molar-refractivity contribution in [2.24, 2.45) is 0 Å². The summed E-state index contributed by atoms with van der Waals surface area (Å²) in [6.07, 6.45) is 0. The number of hydrogen-bond donors (Lipinski definition) is 2. The van der Waals surface area contributed by atoms with E-state index in [1.807, 2.05) is 0 Å². The Kier molecular flexibility index (Phi) is 3.10. The van der Waals surface area contributed by atoms with Gasteiger partial charge in [0.05, 0.1) is 12.5 Å². The third-order valence-electron chi connectivity index (χ3n) is 3.33. The van der Waals surface area contributed by atoms with Crippen LogP contribution in [0.2, 0.25) is 0 Å². The van der Waals surface area contributed by atoms with Crippen molar-refractivity contribution in [1.82, 2.24) is 4.98 Å². The summed E-state index contributed by atoms with van der Waals surface area (Å²) in [5, 5.41) is 10.4. The average Bonchev–Trinajstić information content (AvgIpc) is 2.49. The first-order valence-corrected chi connectivity index (χ1v) is 6.29. The van der Waals surface area contributed by atoms with Crippen LogP contribution in [-0.4, -0.2) is 17.2 Å². The van der Waals surface area contributed by atoms with E-state index in [0.717, 1.165) is 0 Å². The molecule has 0 aliphatic carbocycles. The number of nitrogens with one attached hydrogen (secondary N) is 1. The van der Waals surface area contributed by atoms with Crippen LogP contribution in [0.15, 0.2) is 47.3 Å². The molecular weight excluding hydrogens is 273 g/mol. The van der Waals surface area contributed by atoms with E-state index >= 15 is 0 Å². The summed E-state index contributed by atoms with van der Waals surface area (Å²) in [5.41, 5.74) is 0.640. The minimum atomic E-state index is -0.742. The third kappa shape index (κ3) is 2.23. The van der Waals surface area contributed by atoms with E-state index in [2.05, 4.69) is 4.98 Å². The predicted molar refractivity (Wildman–Crippen MR) is 78.2 cm³/mol. The standard InChI is InChI=1S/C16H12FNO3/c1-21-15-4-2-3-10-11(15)8-13(18-16(10)20)9-5-6-14(19)12(17)7-9/h2-8,19H,1H3,(H,18,20). The molecule has 0 aliphatic rings. The molecule has 1 aromatic heterocycles. The van der Waals surface area contributed by atoms with Crippen LogP contribution in [0.3, 0.4) is 0 Å². The Bertz CT molecular complexity index is 886. The first-order valence-electron chi connectivity index (χ1n) is 6.29. The SMILES string of the molecule is COc1cccc2c(=O)[nH]c(-c3ccc(O)c(F)c3)cc12. The van der Waals surface area contributed by atoms with Crippen molar-refractivity contribution in [2.75, 3.05) is 7.11 Å². The van der Waals surface area contributed by atoms with Crippen molar-refractivity contribution in [3.63, 3.8) is 0 Å². The maximum atomic E-state index is 13.5. The Morgan fingerprint density at radius 1 is 1.14 bits per heavy atom. The zero-order valence-electron chi connectivity index (χ0n) is 11.2. The zero-order valence-corrected chi connectivity index (χ0v) is 11.2.